The average molecular weight is 400 g/mol. The van der Waals surface area contributed by atoms with E-state index in [4.69, 9.17) is 4.74 Å². The summed E-state index contributed by atoms with van der Waals surface area (Å²) >= 11 is 0. The molecule has 0 bridgehead atoms. The first-order chi connectivity index (χ1) is 13.9. The van der Waals surface area contributed by atoms with Crippen LogP contribution in [0.25, 0.3) is 0 Å². The van der Waals surface area contributed by atoms with Gasteiger partial charge in [0.1, 0.15) is 17.2 Å². The molecular weight excluding hydrogens is 383 g/mol. The maximum atomic E-state index is 14.1. The lowest BCUT2D eigenvalue weighted by molar-refractivity contribution is -0.142. The van der Waals surface area contributed by atoms with Gasteiger partial charge < -0.3 is 30.3 Å². The number of hydrogen-bond donors (Lipinski definition) is 4. The number of esters is 1. The largest absolute Gasteiger partial charge is 0.508 e. The molecule has 3 rings (SSSR count). The fraction of sp³-hybridized carbons (Fsp3) is 0.105. The van der Waals surface area contributed by atoms with Crippen LogP contribution in [-0.4, -0.2) is 39.9 Å². The number of nitrogens with one attached hydrogen (secondary N) is 2. The lowest BCUT2D eigenvalue weighted by Gasteiger charge is -2.11. The molecule has 0 fully saturated rings. The number of carbonyl (C=O) groups excluding carboxylic acids is 1. The van der Waals surface area contributed by atoms with Crippen molar-refractivity contribution < 1.29 is 28.9 Å². The topological polar surface area (TPSA) is 126 Å². The number of ether oxygens (including phenoxy) is 2. The molecule has 4 N–H and O–H groups in total. The first kappa shape index (κ1) is 19.7. The van der Waals surface area contributed by atoms with E-state index in [9.17, 15) is 19.4 Å². The lowest BCUT2D eigenvalue weighted by atomic mass is 10.3. The minimum absolute atomic E-state index is 0.0158. The van der Waals surface area contributed by atoms with Crippen molar-refractivity contribution >= 4 is 29.1 Å². The summed E-state index contributed by atoms with van der Waals surface area (Å²) in [5, 5.41) is 24.9. The molecule has 0 aliphatic heterocycles. The number of methoxy groups -OCH3 is 1. The highest BCUT2D eigenvalue weighted by Gasteiger charge is 2.10. The lowest BCUT2D eigenvalue weighted by Crippen LogP contribution is -2.12. The number of anilines is 4. The number of phenols is 2. The Balaban J connectivity index is 1.78. The van der Waals surface area contributed by atoms with Crippen molar-refractivity contribution in [1.82, 2.24) is 9.97 Å². The highest BCUT2D eigenvalue weighted by Crippen LogP contribution is 2.28. The molecule has 29 heavy (non-hydrogen) atoms. The third-order valence-electron chi connectivity index (χ3n) is 3.58. The van der Waals surface area contributed by atoms with Gasteiger partial charge >= 0.3 is 5.97 Å². The first-order valence-corrected chi connectivity index (χ1v) is 8.32. The van der Waals surface area contributed by atoms with Gasteiger partial charge in [0, 0.05) is 35.6 Å². The maximum absolute atomic E-state index is 14.1. The Kier molecular flexibility index (Phi) is 5.93. The summed E-state index contributed by atoms with van der Waals surface area (Å²) < 4.78 is 23.8. The van der Waals surface area contributed by atoms with Gasteiger partial charge in [0.05, 0.1) is 13.3 Å². The van der Waals surface area contributed by atoms with Gasteiger partial charge in [0.15, 0.2) is 18.2 Å². The molecule has 1 heterocycles. The second kappa shape index (κ2) is 8.74. The fourth-order valence-corrected chi connectivity index (χ4v) is 2.30. The third-order valence-corrected chi connectivity index (χ3v) is 3.58. The van der Waals surface area contributed by atoms with Gasteiger partial charge in [-0.15, -0.1) is 0 Å². The number of nitrogens with zero attached hydrogens (tertiary/aromatic N) is 2. The number of aromatic nitrogens is 2. The van der Waals surface area contributed by atoms with Gasteiger partial charge in [-0.3, -0.25) is 0 Å². The van der Waals surface area contributed by atoms with Crippen LogP contribution in [0.5, 0.6) is 17.2 Å². The van der Waals surface area contributed by atoms with E-state index in [1.165, 1.54) is 37.4 Å². The molecule has 0 spiro atoms. The molecule has 0 atom stereocenters. The van der Waals surface area contributed by atoms with Crippen LogP contribution in [0.4, 0.5) is 27.5 Å². The number of benzene rings is 2. The monoisotopic (exact) mass is 400 g/mol. The molecule has 10 heteroatoms. The van der Waals surface area contributed by atoms with E-state index in [0.717, 1.165) is 6.20 Å². The van der Waals surface area contributed by atoms with Crippen molar-refractivity contribution in [3.05, 3.63) is 54.5 Å². The maximum Gasteiger partial charge on any atom is 0.343 e. The summed E-state index contributed by atoms with van der Waals surface area (Å²) in [5.41, 5.74) is 0.782. The zero-order chi connectivity index (χ0) is 20.8. The van der Waals surface area contributed by atoms with E-state index >= 15 is 0 Å². The minimum Gasteiger partial charge on any atom is -0.508 e. The van der Waals surface area contributed by atoms with E-state index in [2.05, 4.69) is 25.3 Å². The van der Waals surface area contributed by atoms with Gasteiger partial charge in [0.25, 0.3) is 0 Å². The summed E-state index contributed by atoms with van der Waals surface area (Å²) in [6.07, 6.45) is 0.970. The average Bonchev–Trinajstić information content (AvgIpc) is 2.68. The zero-order valence-corrected chi connectivity index (χ0v) is 15.2. The molecule has 150 valence electrons. The summed E-state index contributed by atoms with van der Waals surface area (Å²) in [6.45, 7) is -0.329. The van der Waals surface area contributed by atoms with Crippen molar-refractivity contribution in [3.63, 3.8) is 0 Å². The predicted octanol–water partition coefficient (Wildman–Crippen LogP) is 3.07. The summed E-state index contributed by atoms with van der Waals surface area (Å²) in [5.74, 6) is -1.26. The summed E-state index contributed by atoms with van der Waals surface area (Å²) in [4.78, 5) is 19.1. The molecule has 0 saturated carbocycles. The second-order valence-electron chi connectivity index (χ2n) is 5.77. The van der Waals surface area contributed by atoms with Crippen molar-refractivity contribution in [2.45, 2.75) is 0 Å². The Bertz CT molecular complexity index is 1030. The Hall–Kier alpha value is -4.08. The fourth-order valence-electron chi connectivity index (χ4n) is 2.30. The Labute approximate surface area is 164 Å². The zero-order valence-electron chi connectivity index (χ0n) is 15.2. The predicted molar refractivity (Wildman–Crippen MR) is 102 cm³/mol. The van der Waals surface area contributed by atoms with Crippen molar-refractivity contribution in [3.8, 4) is 17.2 Å². The molecule has 0 aliphatic carbocycles. The van der Waals surface area contributed by atoms with Crippen LogP contribution in [0, 0.1) is 5.82 Å². The second-order valence-corrected chi connectivity index (χ2v) is 5.77. The van der Waals surface area contributed by atoms with Gasteiger partial charge in [-0.1, -0.05) is 6.07 Å². The number of hydrogen-bond acceptors (Lipinski definition) is 9. The van der Waals surface area contributed by atoms with Gasteiger partial charge in [-0.05, 0) is 12.1 Å². The molecule has 3 aromatic rings. The van der Waals surface area contributed by atoms with E-state index in [0.29, 0.717) is 11.4 Å². The molecule has 1 aromatic heterocycles. The molecule has 0 radical (unpaired) electrons. The van der Waals surface area contributed by atoms with Crippen LogP contribution in [0.3, 0.4) is 0 Å². The smallest absolute Gasteiger partial charge is 0.343 e. The number of carbonyl (C=O) groups is 1. The van der Waals surface area contributed by atoms with Crippen molar-refractivity contribution in [2.75, 3.05) is 24.4 Å². The van der Waals surface area contributed by atoms with E-state index < -0.39 is 11.8 Å². The van der Waals surface area contributed by atoms with Crippen LogP contribution in [0.15, 0.2) is 48.7 Å². The summed E-state index contributed by atoms with van der Waals surface area (Å²) in [7, 11) is 1.23. The van der Waals surface area contributed by atoms with E-state index in [1.54, 1.807) is 12.1 Å². The van der Waals surface area contributed by atoms with Crippen LogP contribution in [0.2, 0.25) is 0 Å². The first-order valence-electron chi connectivity index (χ1n) is 8.32. The number of halogens is 1. The van der Waals surface area contributed by atoms with Gasteiger partial charge in [-0.25, -0.2) is 14.2 Å². The van der Waals surface area contributed by atoms with Gasteiger partial charge in [0.2, 0.25) is 5.95 Å². The molecular formula is C19H17FN4O5. The number of phenolic OH excluding ortho intramolecular Hbond substituents is 2. The highest BCUT2D eigenvalue weighted by atomic mass is 19.1. The van der Waals surface area contributed by atoms with Crippen molar-refractivity contribution in [1.29, 1.82) is 0 Å². The number of rotatable bonds is 7. The van der Waals surface area contributed by atoms with E-state index in [1.807, 2.05) is 0 Å². The number of aromatic hydroxyl groups is 2. The minimum atomic E-state index is -0.697. The molecule has 9 nitrogen and oxygen atoms in total. The quantitative estimate of drug-likeness (QED) is 0.443. The Morgan fingerprint density at radius 3 is 2.66 bits per heavy atom. The molecule has 0 aliphatic rings. The van der Waals surface area contributed by atoms with Gasteiger partial charge in [-0.2, -0.15) is 4.98 Å². The molecule has 0 unspecified atom stereocenters. The standard InChI is InChI=1S/C19H17FN4O5/c1-28-17(27)10-29-15-7-12(6-14(26)8-15)23-19-21-9-16(20)18(24-19)22-11-3-2-4-13(25)5-11/h2-9,25-26H,10H2,1H3,(H2,21,22,23,24). The molecule has 0 amide bonds. The summed E-state index contributed by atoms with van der Waals surface area (Å²) in [6, 6.07) is 10.3. The van der Waals surface area contributed by atoms with Crippen LogP contribution >= 0.6 is 0 Å². The Morgan fingerprint density at radius 2 is 1.90 bits per heavy atom. The normalized spacial score (nSPS) is 10.3. The SMILES string of the molecule is COC(=O)COc1cc(O)cc(Nc2ncc(F)c(Nc3cccc(O)c3)n2)c1. The molecule has 2 aromatic carbocycles. The Morgan fingerprint density at radius 1 is 1.10 bits per heavy atom. The van der Waals surface area contributed by atoms with Crippen LogP contribution in [0.1, 0.15) is 0 Å². The highest BCUT2D eigenvalue weighted by molar-refractivity contribution is 5.71. The molecule has 0 saturated heterocycles. The third kappa shape index (κ3) is 5.45. The van der Waals surface area contributed by atoms with Crippen LogP contribution in [-0.2, 0) is 9.53 Å². The van der Waals surface area contributed by atoms with Crippen LogP contribution < -0.4 is 15.4 Å². The van der Waals surface area contributed by atoms with E-state index in [-0.39, 0.29) is 35.6 Å². The van der Waals surface area contributed by atoms with Crippen molar-refractivity contribution in [2.24, 2.45) is 0 Å².